The van der Waals surface area contributed by atoms with E-state index >= 15 is 0 Å². The molecule has 0 saturated heterocycles. The molecule has 182 valence electrons. The number of nitrogens with zero attached hydrogens (tertiary/aromatic N) is 1. The van der Waals surface area contributed by atoms with Crippen LogP contribution in [0.25, 0.3) is 0 Å². The molecular formula is C21H27N7O6. The summed E-state index contributed by atoms with van der Waals surface area (Å²) >= 11 is 0. The summed E-state index contributed by atoms with van der Waals surface area (Å²) in [5.41, 5.74) is 6.49. The number of aliphatic carboxylic acids is 1. The quantitative estimate of drug-likeness (QED) is 0.232. The molecule has 2 aromatic rings. The third-order valence-corrected chi connectivity index (χ3v) is 5.05. The average molecular weight is 473 g/mol. The second-order valence-electron chi connectivity index (χ2n) is 7.56. The highest BCUT2D eigenvalue weighted by Crippen LogP contribution is 2.20. The second-order valence-corrected chi connectivity index (χ2v) is 7.56. The van der Waals surface area contributed by atoms with E-state index in [-0.39, 0.29) is 42.6 Å². The standard InChI is InChI=1S/C21H27N7O6/c1-2-34-15(29)8-7-14(20(32)33)26-18(30)11-3-5-12(6-4-11)23-9-13-10-24-17-16(25-13)19(31)28-21(22)27-17/h3-6,13-14,23,25H,2,7-10H2,1H3,(H,26,30)(H,32,33)(H4,22,24,27,28,31)/t13?,14-/m0/s1. The first-order valence-electron chi connectivity index (χ1n) is 10.7. The Kier molecular flexibility index (Phi) is 7.90. The number of hydrogen-bond acceptors (Lipinski definition) is 10. The molecule has 2 heterocycles. The summed E-state index contributed by atoms with van der Waals surface area (Å²) < 4.78 is 4.78. The van der Waals surface area contributed by atoms with E-state index in [4.69, 9.17) is 10.5 Å². The SMILES string of the molecule is CCOC(=O)CC[C@H](NC(=O)c1ccc(NCC2CNc3nc(N)[nH]c(=O)c3N2)cc1)C(=O)O. The molecule has 0 spiro atoms. The molecule has 0 fully saturated rings. The summed E-state index contributed by atoms with van der Waals surface area (Å²) in [5, 5.41) is 21.1. The molecular weight excluding hydrogens is 446 g/mol. The maximum absolute atomic E-state index is 12.4. The van der Waals surface area contributed by atoms with E-state index in [2.05, 4.69) is 31.2 Å². The number of ether oxygens (including phenoxy) is 1. The number of anilines is 4. The Balaban J connectivity index is 1.52. The summed E-state index contributed by atoms with van der Waals surface area (Å²) in [7, 11) is 0. The Morgan fingerprint density at radius 1 is 1.29 bits per heavy atom. The van der Waals surface area contributed by atoms with Crippen LogP contribution in [0.3, 0.4) is 0 Å². The molecule has 0 saturated carbocycles. The van der Waals surface area contributed by atoms with Crippen molar-refractivity contribution in [3.05, 3.63) is 40.2 Å². The number of nitrogen functional groups attached to an aromatic ring is 1. The largest absolute Gasteiger partial charge is 0.480 e. The smallest absolute Gasteiger partial charge is 0.326 e. The molecule has 1 aromatic heterocycles. The van der Waals surface area contributed by atoms with Gasteiger partial charge in [0.05, 0.1) is 12.6 Å². The summed E-state index contributed by atoms with van der Waals surface area (Å²) in [6, 6.07) is 5.15. The number of carboxylic acids is 1. The van der Waals surface area contributed by atoms with Crippen molar-refractivity contribution in [1.82, 2.24) is 15.3 Å². The average Bonchev–Trinajstić information content (AvgIpc) is 2.80. The van der Waals surface area contributed by atoms with Gasteiger partial charge in [0, 0.05) is 30.8 Å². The van der Waals surface area contributed by atoms with Gasteiger partial charge in [0.2, 0.25) is 5.95 Å². The van der Waals surface area contributed by atoms with Crippen LogP contribution in [-0.4, -0.2) is 64.7 Å². The zero-order chi connectivity index (χ0) is 24.7. The van der Waals surface area contributed by atoms with Gasteiger partial charge in [-0.15, -0.1) is 0 Å². The predicted octanol–water partition coefficient (Wildman–Crippen LogP) is 0.197. The van der Waals surface area contributed by atoms with Crippen LogP contribution in [0.1, 0.15) is 30.1 Å². The van der Waals surface area contributed by atoms with Crippen molar-refractivity contribution in [2.45, 2.75) is 31.8 Å². The van der Waals surface area contributed by atoms with Crippen molar-refractivity contribution < 1.29 is 24.2 Å². The van der Waals surface area contributed by atoms with E-state index in [1.54, 1.807) is 31.2 Å². The van der Waals surface area contributed by atoms with Crippen molar-refractivity contribution in [2.24, 2.45) is 0 Å². The number of carboxylic acid groups (broad SMARTS) is 1. The number of nitrogens with one attached hydrogen (secondary N) is 5. The number of carbonyl (C=O) groups excluding carboxylic acids is 2. The molecule has 0 bridgehead atoms. The number of hydrogen-bond donors (Lipinski definition) is 7. The monoisotopic (exact) mass is 473 g/mol. The van der Waals surface area contributed by atoms with Crippen LogP contribution in [0.15, 0.2) is 29.1 Å². The zero-order valence-electron chi connectivity index (χ0n) is 18.5. The number of amides is 1. The topological polar surface area (TPSA) is 201 Å². The van der Waals surface area contributed by atoms with E-state index in [0.29, 0.717) is 24.6 Å². The number of aromatic nitrogens is 2. The summed E-state index contributed by atoms with van der Waals surface area (Å²) in [5.74, 6) is -1.89. The van der Waals surface area contributed by atoms with E-state index in [0.717, 1.165) is 5.69 Å². The molecule has 0 radical (unpaired) electrons. The van der Waals surface area contributed by atoms with Crippen molar-refractivity contribution in [1.29, 1.82) is 0 Å². The maximum Gasteiger partial charge on any atom is 0.326 e. The third kappa shape index (κ3) is 6.37. The van der Waals surface area contributed by atoms with Gasteiger partial charge >= 0.3 is 11.9 Å². The van der Waals surface area contributed by atoms with Crippen LogP contribution in [-0.2, 0) is 14.3 Å². The lowest BCUT2D eigenvalue weighted by atomic mass is 10.1. The highest BCUT2D eigenvalue weighted by Gasteiger charge is 2.23. The Hall–Kier alpha value is -4.29. The molecule has 1 aliphatic rings. The number of nitrogens with two attached hydrogens (primary N) is 1. The van der Waals surface area contributed by atoms with Crippen LogP contribution < -0.4 is 32.6 Å². The zero-order valence-corrected chi connectivity index (χ0v) is 18.5. The van der Waals surface area contributed by atoms with Gasteiger partial charge in [0.25, 0.3) is 11.5 Å². The fourth-order valence-electron chi connectivity index (χ4n) is 3.33. The minimum absolute atomic E-state index is 0.0347. The van der Waals surface area contributed by atoms with Gasteiger partial charge in [-0.1, -0.05) is 0 Å². The van der Waals surface area contributed by atoms with Crippen LogP contribution >= 0.6 is 0 Å². The first-order chi connectivity index (χ1) is 16.3. The lowest BCUT2D eigenvalue weighted by Gasteiger charge is -2.27. The Morgan fingerprint density at radius 3 is 2.71 bits per heavy atom. The molecule has 1 aliphatic heterocycles. The minimum Gasteiger partial charge on any atom is -0.480 e. The number of fused-ring (bicyclic) bond motifs is 1. The van der Waals surface area contributed by atoms with Gasteiger partial charge in [-0.3, -0.25) is 19.4 Å². The van der Waals surface area contributed by atoms with Crippen LogP contribution in [0.4, 0.5) is 23.1 Å². The van der Waals surface area contributed by atoms with E-state index < -0.39 is 23.9 Å². The normalized spacial score (nSPS) is 15.1. The first-order valence-corrected chi connectivity index (χ1v) is 10.7. The number of H-pyrrole nitrogens is 1. The molecule has 13 nitrogen and oxygen atoms in total. The highest BCUT2D eigenvalue weighted by molar-refractivity contribution is 5.97. The van der Waals surface area contributed by atoms with E-state index in [9.17, 15) is 24.3 Å². The Labute approximate surface area is 194 Å². The van der Waals surface area contributed by atoms with Gasteiger partial charge < -0.3 is 36.8 Å². The van der Waals surface area contributed by atoms with Gasteiger partial charge in [0.15, 0.2) is 5.82 Å². The summed E-state index contributed by atoms with van der Waals surface area (Å²) in [6.07, 6.45) is -0.187. The molecule has 2 atom stereocenters. The summed E-state index contributed by atoms with van der Waals surface area (Å²) in [4.78, 5) is 53.8. The predicted molar refractivity (Wildman–Crippen MR) is 125 cm³/mol. The number of aromatic amines is 1. The van der Waals surface area contributed by atoms with Crippen molar-refractivity contribution >= 4 is 41.0 Å². The van der Waals surface area contributed by atoms with Crippen molar-refractivity contribution in [3.8, 4) is 0 Å². The molecule has 1 amide bonds. The molecule has 13 heteroatoms. The Bertz CT molecular complexity index is 1100. The lowest BCUT2D eigenvalue weighted by Crippen LogP contribution is -2.41. The van der Waals surface area contributed by atoms with Gasteiger partial charge in [-0.05, 0) is 37.6 Å². The molecule has 34 heavy (non-hydrogen) atoms. The van der Waals surface area contributed by atoms with E-state index in [1.807, 2.05) is 0 Å². The third-order valence-electron chi connectivity index (χ3n) is 5.05. The molecule has 3 rings (SSSR count). The van der Waals surface area contributed by atoms with Gasteiger partial charge in [-0.2, -0.15) is 4.98 Å². The molecule has 0 aliphatic carbocycles. The highest BCUT2D eigenvalue weighted by atomic mass is 16.5. The fraction of sp³-hybridized carbons (Fsp3) is 0.381. The van der Waals surface area contributed by atoms with Crippen LogP contribution in [0.5, 0.6) is 0 Å². The molecule has 8 N–H and O–H groups in total. The maximum atomic E-state index is 12.4. The van der Waals surface area contributed by atoms with E-state index in [1.165, 1.54) is 0 Å². The summed E-state index contributed by atoms with van der Waals surface area (Å²) in [6.45, 7) is 2.84. The lowest BCUT2D eigenvalue weighted by molar-refractivity contribution is -0.144. The van der Waals surface area contributed by atoms with Crippen molar-refractivity contribution in [2.75, 3.05) is 41.4 Å². The van der Waals surface area contributed by atoms with Gasteiger partial charge in [-0.25, -0.2) is 4.79 Å². The van der Waals surface area contributed by atoms with Crippen molar-refractivity contribution in [3.63, 3.8) is 0 Å². The minimum atomic E-state index is -1.23. The van der Waals surface area contributed by atoms with Crippen LogP contribution in [0.2, 0.25) is 0 Å². The number of benzene rings is 1. The number of rotatable bonds is 10. The number of esters is 1. The Morgan fingerprint density at radius 2 is 2.03 bits per heavy atom. The number of carbonyl (C=O) groups is 3. The molecule has 1 unspecified atom stereocenters. The fourth-order valence-corrected chi connectivity index (χ4v) is 3.33. The van der Waals surface area contributed by atoms with Crippen LogP contribution in [0, 0.1) is 0 Å². The first kappa shape index (κ1) is 24.4. The van der Waals surface area contributed by atoms with Gasteiger partial charge in [0.1, 0.15) is 11.7 Å². The molecule has 1 aromatic carbocycles. The second kappa shape index (κ2) is 11.0.